The van der Waals surface area contributed by atoms with E-state index in [1.165, 1.54) is 36.1 Å². The second kappa shape index (κ2) is 6.50. The van der Waals surface area contributed by atoms with Crippen LogP contribution in [0.5, 0.6) is 0 Å². The van der Waals surface area contributed by atoms with Crippen molar-refractivity contribution in [2.45, 2.75) is 38.6 Å². The van der Waals surface area contributed by atoms with E-state index in [-0.39, 0.29) is 30.2 Å². The Bertz CT molecular complexity index is 481. The molecule has 0 bridgehead atoms. The molecule has 2 rings (SSSR count). The van der Waals surface area contributed by atoms with Gasteiger partial charge in [0.1, 0.15) is 12.4 Å². The van der Waals surface area contributed by atoms with Crippen molar-refractivity contribution in [1.82, 2.24) is 5.32 Å². The number of carbonyl (C=O) groups is 2. The molecule has 108 valence electrons. The fraction of sp³-hybridized carbons (Fsp3) is 0.467. The van der Waals surface area contributed by atoms with Crippen LogP contribution in [0, 0.1) is 5.82 Å². The fourth-order valence-corrected chi connectivity index (χ4v) is 2.49. The minimum Gasteiger partial charge on any atom is -0.352 e. The van der Waals surface area contributed by atoms with Crippen LogP contribution in [0.25, 0.3) is 0 Å². The number of amides is 2. The number of hydrogen-bond donors (Lipinski definition) is 1. The molecule has 0 radical (unpaired) electrons. The first kappa shape index (κ1) is 14.5. The quantitative estimate of drug-likeness (QED) is 0.918. The molecule has 5 heteroatoms. The van der Waals surface area contributed by atoms with Crippen molar-refractivity contribution in [2.75, 3.05) is 11.4 Å². The molecule has 0 spiro atoms. The molecule has 4 nitrogen and oxygen atoms in total. The van der Waals surface area contributed by atoms with Gasteiger partial charge in [0.05, 0.1) is 0 Å². The summed E-state index contributed by atoms with van der Waals surface area (Å²) in [5, 5.41) is 2.94. The number of nitrogens with zero attached hydrogens (tertiary/aromatic N) is 1. The number of benzene rings is 1. The van der Waals surface area contributed by atoms with Crippen molar-refractivity contribution in [1.29, 1.82) is 0 Å². The maximum atomic E-state index is 12.9. The average Bonchev–Trinajstić information content (AvgIpc) is 2.90. The van der Waals surface area contributed by atoms with Gasteiger partial charge in [-0.1, -0.05) is 12.8 Å². The summed E-state index contributed by atoms with van der Waals surface area (Å²) in [4.78, 5) is 25.0. The molecule has 2 amide bonds. The van der Waals surface area contributed by atoms with E-state index in [1.54, 1.807) is 0 Å². The SMILES string of the molecule is CC(=O)N(CC(=O)NC1CCCC1)c1ccc(F)cc1. The first-order valence-electron chi connectivity index (χ1n) is 6.89. The van der Waals surface area contributed by atoms with E-state index in [9.17, 15) is 14.0 Å². The molecule has 0 saturated heterocycles. The molecular weight excluding hydrogens is 259 g/mol. The molecule has 0 heterocycles. The highest BCUT2D eigenvalue weighted by atomic mass is 19.1. The summed E-state index contributed by atoms with van der Waals surface area (Å²) in [5.74, 6) is -0.776. The lowest BCUT2D eigenvalue weighted by Gasteiger charge is -2.22. The van der Waals surface area contributed by atoms with E-state index in [2.05, 4.69) is 5.32 Å². The molecule has 1 saturated carbocycles. The van der Waals surface area contributed by atoms with Crippen LogP contribution in [0.2, 0.25) is 0 Å². The number of nitrogens with one attached hydrogen (secondary N) is 1. The van der Waals surface area contributed by atoms with Crippen LogP contribution < -0.4 is 10.2 Å². The van der Waals surface area contributed by atoms with Gasteiger partial charge in [-0.25, -0.2) is 4.39 Å². The third-order valence-corrected chi connectivity index (χ3v) is 3.54. The van der Waals surface area contributed by atoms with Crippen molar-refractivity contribution < 1.29 is 14.0 Å². The number of rotatable bonds is 4. The van der Waals surface area contributed by atoms with Gasteiger partial charge in [-0.3, -0.25) is 9.59 Å². The summed E-state index contributed by atoms with van der Waals surface area (Å²) >= 11 is 0. The zero-order valence-electron chi connectivity index (χ0n) is 11.6. The van der Waals surface area contributed by atoms with E-state index in [0.717, 1.165) is 25.7 Å². The standard InChI is InChI=1S/C15H19FN2O2/c1-11(19)18(14-8-6-12(16)7-9-14)10-15(20)17-13-4-2-3-5-13/h6-9,13H,2-5,10H2,1H3,(H,17,20). The Morgan fingerprint density at radius 2 is 1.85 bits per heavy atom. The lowest BCUT2D eigenvalue weighted by molar-refractivity contribution is -0.123. The van der Waals surface area contributed by atoms with Crippen LogP contribution in [0.4, 0.5) is 10.1 Å². The molecule has 0 aromatic heterocycles. The lowest BCUT2D eigenvalue weighted by atomic mass is 10.2. The van der Waals surface area contributed by atoms with Crippen molar-refractivity contribution >= 4 is 17.5 Å². The van der Waals surface area contributed by atoms with E-state index in [1.807, 2.05) is 0 Å². The summed E-state index contributed by atoms with van der Waals surface area (Å²) in [7, 11) is 0. The number of carbonyl (C=O) groups excluding carboxylic acids is 2. The Morgan fingerprint density at radius 1 is 1.25 bits per heavy atom. The molecule has 1 aromatic carbocycles. The molecule has 1 aliphatic rings. The second-order valence-electron chi connectivity index (χ2n) is 5.13. The largest absolute Gasteiger partial charge is 0.352 e. The summed E-state index contributed by atoms with van der Waals surface area (Å²) in [6.07, 6.45) is 4.28. The predicted molar refractivity (Wildman–Crippen MR) is 74.8 cm³/mol. The van der Waals surface area contributed by atoms with Gasteiger partial charge in [-0.2, -0.15) is 0 Å². The van der Waals surface area contributed by atoms with Gasteiger partial charge in [-0.15, -0.1) is 0 Å². The van der Waals surface area contributed by atoms with Gasteiger partial charge >= 0.3 is 0 Å². The second-order valence-corrected chi connectivity index (χ2v) is 5.13. The first-order valence-corrected chi connectivity index (χ1v) is 6.89. The van der Waals surface area contributed by atoms with Crippen molar-refractivity contribution in [2.24, 2.45) is 0 Å². The average molecular weight is 278 g/mol. The van der Waals surface area contributed by atoms with E-state index in [0.29, 0.717) is 5.69 Å². The van der Waals surface area contributed by atoms with Gasteiger partial charge in [0, 0.05) is 18.7 Å². The first-order chi connectivity index (χ1) is 9.56. The van der Waals surface area contributed by atoms with Gasteiger partial charge in [-0.05, 0) is 37.1 Å². The lowest BCUT2D eigenvalue weighted by Crippen LogP contribution is -2.43. The molecule has 0 aliphatic heterocycles. The molecule has 0 atom stereocenters. The summed E-state index contributed by atoms with van der Waals surface area (Å²) in [5.41, 5.74) is 0.528. The third kappa shape index (κ3) is 3.79. The van der Waals surface area contributed by atoms with E-state index in [4.69, 9.17) is 0 Å². The molecule has 1 aromatic rings. The highest BCUT2D eigenvalue weighted by Crippen LogP contribution is 2.18. The Hall–Kier alpha value is -1.91. The maximum absolute atomic E-state index is 12.9. The van der Waals surface area contributed by atoms with Crippen molar-refractivity contribution in [3.63, 3.8) is 0 Å². The molecule has 0 unspecified atom stereocenters. The predicted octanol–water partition coefficient (Wildman–Crippen LogP) is 2.24. The van der Waals surface area contributed by atoms with Crippen LogP contribution in [0.1, 0.15) is 32.6 Å². The van der Waals surface area contributed by atoms with Crippen molar-refractivity contribution in [3.8, 4) is 0 Å². The van der Waals surface area contributed by atoms with Crippen LogP contribution >= 0.6 is 0 Å². The summed E-state index contributed by atoms with van der Waals surface area (Å²) < 4.78 is 12.9. The smallest absolute Gasteiger partial charge is 0.240 e. The Labute approximate surface area is 118 Å². The Balaban J connectivity index is 1.99. The van der Waals surface area contributed by atoms with Crippen LogP contribution in [0.15, 0.2) is 24.3 Å². The van der Waals surface area contributed by atoms with Crippen molar-refractivity contribution in [3.05, 3.63) is 30.1 Å². The Morgan fingerprint density at radius 3 is 2.40 bits per heavy atom. The molecule has 20 heavy (non-hydrogen) atoms. The van der Waals surface area contributed by atoms with Crippen LogP contribution in [-0.4, -0.2) is 24.4 Å². The molecule has 1 N–H and O–H groups in total. The zero-order chi connectivity index (χ0) is 14.5. The Kier molecular flexibility index (Phi) is 4.71. The summed E-state index contributed by atoms with van der Waals surface area (Å²) in [6, 6.07) is 5.78. The van der Waals surface area contributed by atoms with Gasteiger partial charge in [0.2, 0.25) is 11.8 Å². The van der Waals surface area contributed by atoms with Gasteiger partial charge in [0.25, 0.3) is 0 Å². The third-order valence-electron chi connectivity index (χ3n) is 3.54. The van der Waals surface area contributed by atoms with Crippen LogP contribution in [-0.2, 0) is 9.59 Å². The summed E-state index contributed by atoms with van der Waals surface area (Å²) in [6.45, 7) is 1.36. The minimum absolute atomic E-state index is 0.0303. The molecule has 1 fully saturated rings. The van der Waals surface area contributed by atoms with Gasteiger partial charge in [0.15, 0.2) is 0 Å². The van der Waals surface area contributed by atoms with Crippen LogP contribution in [0.3, 0.4) is 0 Å². The number of halogens is 1. The van der Waals surface area contributed by atoms with E-state index < -0.39 is 0 Å². The minimum atomic E-state index is -0.368. The molecule has 1 aliphatic carbocycles. The fourth-order valence-electron chi connectivity index (χ4n) is 2.49. The van der Waals surface area contributed by atoms with Gasteiger partial charge < -0.3 is 10.2 Å². The zero-order valence-corrected chi connectivity index (χ0v) is 11.6. The van der Waals surface area contributed by atoms with E-state index >= 15 is 0 Å². The topological polar surface area (TPSA) is 49.4 Å². The maximum Gasteiger partial charge on any atom is 0.240 e. The normalized spacial score (nSPS) is 15.1. The molecular formula is C15H19FN2O2. The highest BCUT2D eigenvalue weighted by molar-refractivity contribution is 5.97. The number of hydrogen-bond acceptors (Lipinski definition) is 2. The monoisotopic (exact) mass is 278 g/mol. The number of anilines is 1. The highest BCUT2D eigenvalue weighted by Gasteiger charge is 2.20.